The normalized spacial score (nSPS) is 14.8. The van der Waals surface area contributed by atoms with Gasteiger partial charge in [-0.05, 0) is 43.2 Å². The summed E-state index contributed by atoms with van der Waals surface area (Å²) in [7, 11) is 1.58. The minimum absolute atomic E-state index is 0.00632. The molecular weight excluding hydrogens is 348 g/mol. The third kappa shape index (κ3) is 4.19. The van der Waals surface area contributed by atoms with E-state index in [1.165, 1.54) is 0 Å². The molecule has 1 aliphatic heterocycles. The number of amides is 2. The van der Waals surface area contributed by atoms with E-state index in [-0.39, 0.29) is 17.9 Å². The molecule has 0 atom stereocenters. The van der Waals surface area contributed by atoms with Gasteiger partial charge in [0.1, 0.15) is 5.75 Å². The van der Waals surface area contributed by atoms with Crippen LogP contribution in [0.15, 0.2) is 53.4 Å². The van der Waals surface area contributed by atoms with Crippen molar-refractivity contribution in [1.82, 2.24) is 10.2 Å². The summed E-state index contributed by atoms with van der Waals surface area (Å²) in [6.07, 6.45) is 1.46. The Bertz CT molecular complexity index is 801. The van der Waals surface area contributed by atoms with Crippen molar-refractivity contribution in [3.8, 4) is 5.75 Å². The van der Waals surface area contributed by atoms with E-state index in [0.29, 0.717) is 34.9 Å². The molecule has 6 heteroatoms. The van der Waals surface area contributed by atoms with Gasteiger partial charge in [-0.25, -0.2) is 0 Å². The van der Waals surface area contributed by atoms with Crippen LogP contribution in [0, 0.1) is 0 Å². The van der Waals surface area contributed by atoms with E-state index in [9.17, 15) is 9.59 Å². The molecule has 0 saturated carbocycles. The molecule has 0 spiro atoms. The lowest BCUT2D eigenvalue weighted by Gasteiger charge is -2.32. The largest absolute Gasteiger partial charge is 0.497 e. The van der Waals surface area contributed by atoms with Crippen LogP contribution in [0.25, 0.3) is 0 Å². The zero-order valence-electron chi connectivity index (χ0n) is 14.6. The number of methoxy groups -OCH3 is 1. The standard InChI is InChI=1S/C20H22N2O3S/c1-25-16-6-4-5-14(13-16)19(23)21-15-9-11-22(12-10-15)20(24)17-7-2-3-8-18(17)26/h2-8,13,15,26H,9-12H2,1H3,(H,21,23). The Balaban J connectivity index is 1.56. The summed E-state index contributed by atoms with van der Waals surface area (Å²) in [5, 5.41) is 3.05. The van der Waals surface area contributed by atoms with Crippen molar-refractivity contribution < 1.29 is 14.3 Å². The van der Waals surface area contributed by atoms with Gasteiger partial charge in [-0.3, -0.25) is 9.59 Å². The van der Waals surface area contributed by atoms with Crippen LogP contribution in [0.1, 0.15) is 33.6 Å². The lowest BCUT2D eigenvalue weighted by Crippen LogP contribution is -2.46. The van der Waals surface area contributed by atoms with Crippen molar-refractivity contribution in [3.05, 3.63) is 59.7 Å². The van der Waals surface area contributed by atoms with Gasteiger partial charge in [0.25, 0.3) is 11.8 Å². The second-order valence-corrected chi connectivity index (χ2v) is 6.77. The first kappa shape index (κ1) is 18.3. The maximum atomic E-state index is 12.6. The molecule has 1 heterocycles. The maximum Gasteiger partial charge on any atom is 0.254 e. The number of piperidine rings is 1. The summed E-state index contributed by atoms with van der Waals surface area (Å²) in [6, 6.07) is 14.5. The second kappa shape index (κ2) is 8.27. The highest BCUT2D eigenvalue weighted by molar-refractivity contribution is 7.80. The summed E-state index contributed by atoms with van der Waals surface area (Å²) in [5.41, 5.74) is 1.20. The average Bonchev–Trinajstić information content (AvgIpc) is 2.68. The molecule has 0 bridgehead atoms. The van der Waals surface area contributed by atoms with Crippen molar-refractivity contribution in [1.29, 1.82) is 0 Å². The molecule has 2 amide bonds. The van der Waals surface area contributed by atoms with Gasteiger partial charge >= 0.3 is 0 Å². The number of thiol groups is 1. The molecule has 3 rings (SSSR count). The summed E-state index contributed by atoms with van der Waals surface area (Å²) >= 11 is 4.36. The molecule has 136 valence electrons. The molecule has 2 aromatic carbocycles. The minimum atomic E-state index is -0.116. The summed E-state index contributed by atoms with van der Waals surface area (Å²) in [6.45, 7) is 1.23. The van der Waals surface area contributed by atoms with Gasteiger partial charge in [0.15, 0.2) is 0 Å². The van der Waals surface area contributed by atoms with Crippen molar-refractivity contribution in [2.45, 2.75) is 23.8 Å². The van der Waals surface area contributed by atoms with Gasteiger partial charge in [0, 0.05) is 29.6 Å². The monoisotopic (exact) mass is 370 g/mol. The van der Waals surface area contributed by atoms with E-state index in [0.717, 1.165) is 12.8 Å². The molecule has 0 radical (unpaired) electrons. The van der Waals surface area contributed by atoms with E-state index < -0.39 is 0 Å². The summed E-state index contributed by atoms with van der Waals surface area (Å²) in [4.78, 5) is 27.5. The Hall–Kier alpha value is -2.47. The van der Waals surface area contributed by atoms with E-state index >= 15 is 0 Å². The third-order valence-corrected chi connectivity index (χ3v) is 4.97. The van der Waals surface area contributed by atoms with Gasteiger partial charge < -0.3 is 15.0 Å². The average molecular weight is 370 g/mol. The summed E-state index contributed by atoms with van der Waals surface area (Å²) in [5.74, 6) is 0.533. The fourth-order valence-corrected chi connectivity index (χ4v) is 3.34. The van der Waals surface area contributed by atoms with Crippen LogP contribution in [-0.4, -0.2) is 43.0 Å². The number of nitrogens with zero attached hydrogens (tertiary/aromatic N) is 1. The number of benzene rings is 2. The van der Waals surface area contributed by atoms with Crippen LogP contribution < -0.4 is 10.1 Å². The molecule has 0 aromatic heterocycles. The van der Waals surface area contributed by atoms with Gasteiger partial charge in [-0.1, -0.05) is 18.2 Å². The Morgan fingerprint density at radius 1 is 1.12 bits per heavy atom. The molecule has 5 nitrogen and oxygen atoms in total. The predicted octanol–water partition coefficient (Wildman–Crippen LogP) is 3.02. The van der Waals surface area contributed by atoms with Gasteiger partial charge in [-0.2, -0.15) is 0 Å². The van der Waals surface area contributed by atoms with E-state index in [4.69, 9.17) is 4.74 Å². The smallest absolute Gasteiger partial charge is 0.254 e. The molecule has 26 heavy (non-hydrogen) atoms. The molecule has 2 aromatic rings. The molecule has 1 saturated heterocycles. The van der Waals surface area contributed by atoms with Crippen LogP contribution in [0.2, 0.25) is 0 Å². The molecular formula is C20H22N2O3S. The molecule has 1 N–H and O–H groups in total. The zero-order valence-corrected chi connectivity index (χ0v) is 15.5. The number of carbonyl (C=O) groups is 2. The predicted molar refractivity (Wildman–Crippen MR) is 103 cm³/mol. The molecule has 1 aliphatic rings. The highest BCUT2D eigenvalue weighted by Gasteiger charge is 2.25. The molecule has 1 fully saturated rings. The van der Waals surface area contributed by atoms with E-state index in [1.54, 1.807) is 37.4 Å². The Morgan fingerprint density at radius 2 is 1.85 bits per heavy atom. The molecule has 0 aliphatic carbocycles. The Labute approximate surface area is 158 Å². The fraction of sp³-hybridized carbons (Fsp3) is 0.300. The highest BCUT2D eigenvalue weighted by Crippen LogP contribution is 2.19. The van der Waals surface area contributed by atoms with Crippen molar-refractivity contribution in [2.24, 2.45) is 0 Å². The summed E-state index contributed by atoms with van der Waals surface area (Å²) < 4.78 is 5.16. The van der Waals surface area contributed by atoms with Crippen LogP contribution in [0.5, 0.6) is 5.75 Å². The Kier molecular flexibility index (Phi) is 5.83. The van der Waals surface area contributed by atoms with E-state index in [2.05, 4.69) is 17.9 Å². The number of nitrogens with one attached hydrogen (secondary N) is 1. The van der Waals surface area contributed by atoms with Crippen molar-refractivity contribution in [3.63, 3.8) is 0 Å². The van der Waals surface area contributed by atoms with Crippen LogP contribution in [-0.2, 0) is 0 Å². The zero-order chi connectivity index (χ0) is 18.5. The van der Waals surface area contributed by atoms with Gasteiger partial charge in [0.05, 0.1) is 12.7 Å². The Morgan fingerprint density at radius 3 is 2.54 bits per heavy atom. The minimum Gasteiger partial charge on any atom is -0.497 e. The number of ether oxygens (including phenoxy) is 1. The third-order valence-electron chi connectivity index (χ3n) is 4.58. The van der Waals surface area contributed by atoms with Crippen molar-refractivity contribution in [2.75, 3.05) is 20.2 Å². The number of likely N-dealkylation sites (tertiary alicyclic amines) is 1. The van der Waals surface area contributed by atoms with Crippen molar-refractivity contribution >= 4 is 24.4 Å². The first-order chi connectivity index (χ1) is 12.6. The number of carbonyl (C=O) groups excluding carboxylic acids is 2. The van der Waals surface area contributed by atoms with Gasteiger partial charge in [-0.15, -0.1) is 12.6 Å². The van der Waals surface area contributed by atoms with Gasteiger partial charge in [0.2, 0.25) is 0 Å². The van der Waals surface area contributed by atoms with Crippen LogP contribution in [0.4, 0.5) is 0 Å². The topological polar surface area (TPSA) is 58.6 Å². The van der Waals surface area contributed by atoms with E-state index in [1.807, 2.05) is 23.1 Å². The molecule has 0 unspecified atom stereocenters. The second-order valence-electron chi connectivity index (χ2n) is 6.29. The van der Waals surface area contributed by atoms with Crippen LogP contribution in [0.3, 0.4) is 0 Å². The first-order valence-corrected chi connectivity index (χ1v) is 9.05. The number of hydrogen-bond acceptors (Lipinski definition) is 4. The lowest BCUT2D eigenvalue weighted by molar-refractivity contribution is 0.0695. The van der Waals surface area contributed by atoms with Crippen LogP contribution >= 0.6 is 12.6 Å². The SMILES string of the molecule is COc1cccc(C(=O)NC2CCN(C(=O)c3ccccc3S)CC2)c1. The maximum absolute atomic E-state index is 12.6. The quantitative estimate of drug-likeness (QED) is 0.814. The lowest BCUT2D eigenvalue weighted by atomic mass is 10.0. The highest BCUT2D eigenvalue weighted by atomic mass is 32.1. The number of rotatable bonds is 4. The fourth-order valence-electron chi connectivity index (χ4n) is 3.08. The number of hydrogen-bond donors (Lipinski definition) is 2. The first-order valence-electron chi connectivity index (χ1n) is 8.60.